The number of aromatic nitrogens is 1. The number of thiazole rings is 1. The molecule has 0 aliphatic carbocycles. The van der Waals surface area contributed by atoms with Gasteiger partial charge >= 0.3 is 0 Å². The summed E-state index contributed by atoms with van der Waals surface area (Å²) in [4.78, 5) is 19.9. The summed E-state index contributed by atoms with van der Waals surface area (Å²) in [6, 6.07) is 7.50. The normalized spacial score (nSPS) is 15.2. The Morgan fingerprint density at radius 1 is 1.36 bits per heavy atom. The molecule has 1 saturated heterocycles. The van der Waals surface area contributed by atoms with Gasteiger partial charge in [-0.1, -0.05) is 11.6 Å². The van der Waals surface area contributed by atoms with Crippen LogP contribution in [-0.2, 0) is 6.61 Å². The second-order valence-electron chi connectivity index (χ2n) is 6.16. The maximum absolute atomic E-state index is 12.8. The Morgan fingerprint density at radius 2 is 2.04 bits per heavy atom. The summed E-state index contributed by atoms with van der Waals surface area (Å²) in [6.07, 6.45) is 1.99. The lowest BCUT2D eigenvalue weighted by molar-refractivity contribution is 0.0707. The van der Waals surface area contributed by atoms with Gasteiger partial charge in [0, 0.05) is 18.1 Å². The van der Waals surface area contributed by atoms with Crippen LogP contribution in [0.4, 0.5) is 0 Å². The maximum Gasteiger partial charge on any atom is 0.265 e. The number of piperidine rings is 1. The van der Waals surface area contributed by atoms with Crippen LogP contribution in [0.5, 0.6) is 5.75 Å². The molecular formula is C18H22ClN3O2S. The van der Waals surface area contributed by atoms with Gasteiger partial charge in [0.1, 0.15) is 22.2 Å². The summed E-state index contributed by atoms with van der Waals surface area (Å²) in [7, 11) is 1.89. The van der Waals surface area contributed by atoms with E-state index in [0.29, 0.717) is 22.5 Å². The summed E-state index contributed by atoms with van der Waals surface area (Å²) in [5.74, 6) is 0.789. The number of carbonyl (C=O) groups is 1. The lowest BCUT2D eigenvalue weighted by Crippen LogP contribution is -2.43. The Balaban J connectivity index is 1.64. The van der Waals surface area contributed by atoms with Crippen molar-refractivity contribution in [1.29, 1.82) is 0 Å². The van der Waals surface area contributed by atoms with Crippen LogP contribution in [0.3, 0.4) is 0 Å². The molecule has 1 fully saturated rings. The quantitative estimate of drug-likeness (QED) is 0.863. The van der Waals surface area contributed by atoms with E-state index in [2.05, 4.69) is 10.3 Å². The first kappa shape index (κ1) is 18.2. The van der Waals surface area contributed by atoms with Crippen LogP contribution >= 0.6 is 22.9 Å². The van der Waals surface area contributed by atoms with E-state index in [4.69, 9.17) is 16.3 Å². The monoisotopic (exact) mass is 379 g/mol. The Labute approximate surface area is 157 Å². The zero-order chi connectivity index (χ0) is 17.8. The topological polar surface area (TPSA) is 54.5 Å². The number of carbonyl (C=O) groups excluding carboxylic acids is 1. The molecule has 2 heterocycles. The van der Waals surface area contributed by atoms with Gasteiger partial charge in [-0.2, -0.15) is 0 Å². The summed E-state index contributed by atoms with van der Waals surface area (Å²) in [5, 5.41) is 4.80. The lowest BCUT2D eigenvalue weighted by Gasteiger charge is -2.31. The fourth-order valence-corrected chi connectivity index (χ4v) is 4.00. The molecule has 1 amide bonds. The number of nitrogens with zero attached hydrogens (tertiary/aromatic N) is 2. The fraction of sp³-hybridized carbons (Fsp3) is 0.444. The minimum absolute atomic E-state index is 0.0552. The van der Waals surface area contributed by atoms with Crippen LogP contribution in [0.1, 0.15) is 33.2 Å². The molecular weight excluding hydrogens is 358 g/mol. The van der Waals surface area contributed by atoms with Gasteiger partial charge in [0.25, 0.3) is 5.91 Å². The smallest absolute Gasteiger partial charge is 0.265 e. The van der Waals surface area contributed by atoms with Gasteiger partial charge in [-0.3, -0.25) is 4.79 Å². The van der Waals surface area contributed by atoms with Crippen molar-refractivity contribution < 1.29 is 9.53 Å². The highest BCUT2D eigenvalue weighted by molar-refractivity contribution is 7.13. The molecule has 2 aromatic rings. The van der Waals surface area contributed by atoms with Crippen molar-refractivity contribution in [3.05, 3.63) is 44.9 Å². The third-order valence-electron chi connectivity index (χ3n) is 4.39. The molecule has 1 aromatic heterocycles. The van der Waals surface area contributed by atoms with Crippen molar-refractivity contribution in [3.8, 4) is 5.75 Å². The van der Waals surface area contributed by atoms with Gasteiger partial charge in [0.2, 0.25) is 0 Å². The Kier molecular flexibility index (Phi) is 5.93. The Morgan fingerprint density at radius 3 is 2.72 bits per heavy atom. The van der Waals surface area contributed by atoms with E-state index in [1.807, 2.05) is 31.0 Å². The van der Waals surface area contributed by atoms with E-state index in [9.17, 15) is 4.79 Å². The van der Waals surface area contributed by atoms with Gasteiger partial charge in [0.15, 0.2) is 0 Å². The molecule has 0 atom stereocenters. The zero-order valence-electron chi connectivity index (χ0n) is 14.4. The highest BCUT2D eigenvalue weighted by Crippen LogP contribution is 2.24. The average Bonchev–Trinajstić information content (AvgIpc) is 3.01. The first-order chi connectivity index (χ1) is 12.0. The van der Waals surface area contributed by atoms with Gasteiger partial charge in [0.05, 0.1) is 5.69 Å². The van der Waals surface area contributed by atoms with Crippen molar-refractivity contribution in [3.63, 3.8) is 0 Å². The average molecular weight is 380 g/mol. The molecule has 25 heavy (non-hydrogen) atoms. The van der Waals surface area contributed by atoms with Crippen LogP contribution in [-0.4, -0.2) is 42.0 Å². The number of hydrogen-bond acceptors (Lipinski definition) is 5. The second-order valence-corrected chi connectivity index (χ2v) is 7.68. The summed E-state index contributed by atoms with van der Waals surface area (Å²) < 4.78 is 5.73. The third kappa shape index (κ3) is 4.51. The van der Waals surface area contributed by atoms with Gasteiger partial charge in [-0.15, -0.1) is 11.3 Å². The number of nitrogens with one attached hydrogen (secondary N) is 1. The Hall–Kier alpha value is -1.63. The zero-order valence-corrected chi connectivity index (χ0v) is 16.0. The molecule has 5 nitrogen and oxygen atoms in total. The predicted octanol–water partition coefficient (Wildman–Crippen LogP) is 3.51. The summed E-state index contributed by atoms with van der Waals surface area (Å²) in [6.45, 7) is 4.15. The maximum atomic E-state index is 12.8. The highest BCUT2D eigenvalue weighted by atomic mass is 35.5. The largest absolute Gasteiger partial charge is 0.486 e. The lowest BCUT2D eigenvalue weighted by atomic mass is 10.1. The number of amides is 1. The van der Waals surface area contributed by atoms with Crippen molar-refractivity contribution in [2.24, 2.45) is 0 Å². The minimum Gasteiger partial charge on any atom is -0.486 e. The van der Waals surface area contributed by atoms with E-state index in [0.717, 1.165) is 42.4 Å². The molecule has 0 spiro atoms. The van der Waals surface area contributed by atoms with Crippen LogP contribution < -0.4 is 10.1 Å². The van der Waals surface area contributed by atoms with Crippen LogP contribution in [0.2, 0.25) is 5.02 Å². The number of benzene rings is 1. The molecule has 1 aliphatic rings. The highest BCUT2D eigenvalue weighted by Gasteiger charge is 2.26. The van der Waals surface area contributed by atoms with Crippen LogP contribution in [0.25, 0.3) is 0 Å². The molecule has 0 radical (unpaired) electrons. The molecule has 1 aliphatic heterocycles. The van der Waals surface area contributed by atoms with Crippen molar-refractivity contribution in [2.45, 2.75) is 32.4 Å². The predicted molar refractivity (Wildman–Crippen MR) is 101 cm³/mol. The number of halogens is 1. The molecule has 7 heteroatoms. The molecule has 0 bridgehead atoms. The van der Waals surface area contributed by atoms with Crippen molar-refractivity contribution in [2.75, 3.05) is 20.1 Å². The van der Waals surface area contributed by atoms with Crippen LogP contribution in [0.15, 0.2) is 24.3 Å². The third-order valence-corrected chi connectivity index (χ3v) is 5.76. The standard InChI is InChI=1S/C18H22ClN3O2S/c1-12-17(18(23)22(2)14-7-9-20-10-8-14)25-16(21-12)11-24-15-5-3-13(19)4-6-15/h3-6,14,20H,7-11H2,1-2H3. The van der Waals surface area contributed by atoms with Crippen molar-refractivity contribution in [1.82, 2.24) is 15.2 Å². The number of rotatable bonds is 5. The minimum atomic E-state index is 0.0552. The van der Waals surface area contributed by atoms with E-state index in [1.165, 1.54) is 11.3 Å². The van der Waals surface area contributed by atoms with E-state index in [-0.39, 0.29) is 5.91 Å². The first-order valence-electron chi connectivity index (χ1n) is 8.37. The summed E-state index contributed by atoms with van der Waals surface area (Å²) >= 11 is 7.28. The van der Waals surface area contributed by atoms with Gasteiger partial charge < -0.3 is 15.0 Å². The fourth-order valence-electron chi connectivity index (χ4n) is 2.91. The summed E-state index contributed by atoms with van der Waals surface area (Å²) in [5.41, 5.74) is 0.769. The molecule has 3 rings (SSSR count). The van der Waals surface area contributed by atoms with Crippen molar-refractivity contribution >= 4 is 28.8 Å². The number of aryl methyl sites for hydroxylation is 1. The van der Waals surface area contributed by atoms with Gasteiger partial charge in [-0.25, -0.2) is 4.98 Å². The van der Waals surface area contributed by atoms with E-state index in [1.54, 1.807) is 12.1 Å². The molecule has 0 saturated carbocycles. The SMILES string of the molecule is Cc1nc(COc2ccc(Cl)cc2)sc1C(=O)N(C)C1CCNCC1. The Bertz CT molecular complexity index is 726. The number of hydrogen-bond donors (Lipinski definition) is 1. The molecule has 1 aromatic carbocycles. The second kappa shape index (κ2) is 8.17. The van der Waals surface area contributed by atoms with E-state index >= 15 is 0 Å². The molecule has 134 valence electrons. The van der Waals surface area contributed by atoms with E-state index < -0.39 is 0 Å². The van der Waals surface area contributed by atoms with Crippen LogP contribution in [0, 0.1) is 6.92 Å². The van der Waals surface area contributed by atoms with Gasteiger partial charge in [-0.05, 0) is 57.1 Å². The number of ether oxygens (including phenoxy) is 1. The molecule has 1 N–H and O–H groups in total. The molecule has 0 unspecified atom stereocenters. The first-order valence-corrected chi connectivity index (χ1v) is 9.56.